The van der Waals surface area contributed by atoms with Gasteiger partial charge < -0.3 is 61.3 Å². The Balaban J connectivity index is 0.000000208. The van der Waals surface area contributed by atoms with Gasteiger partial charge in [-0.2, -0.15) is 0 Å². The van der Waals surface area contributed by atoms with Gasteiger partial charge in [0.2, 0.25) is 0 Å². The molecule has 0 aliphatic rings. The number of pyridine rings is 10. The van der Waals surface area contributed by atoms with Crippen molar-refractivity contribution in [2.75, 3.05) is 0 Å². The largest absolute Gasteiger partial charge is 0.478 e. The molecule has 10 aromatic heterocycles. The lowest BCUT2D eigenvalue weighted by molar-refractivity contribution is 0.0672. The first kappa shape index (κ1) is 83.6. The zero-order chi connectivity index (χ0) is 77.6. The van der Waals surface area contributed by atoms with Gasteiger partial charge >= 0.3 is 71.6 Å². The number of nitrogens with zero attached hydrogens (tertiary/aromatic N) is 10. The first-order chi connectivity index (χ1) is 50.5. The molecule has 0 fully saturated rings. The second kappa shape index (κ2) is 41.8. The molecule has 0 aliphatic carbocycles. The molecule has 0 aliphatic heterocycles. The number of carbonyl (C=O) groups is 12. The standard InChI is InChI=1S/C14H8N2O8S2.4C12H8N2O4S2/c17-11(18)5-3-15-7(13(21)22)1-9(5)25-26-10-2-8(14(23)24)16-4-6(10)12(19)20;15-11(16)7-5-13-3-1-9(7)19-20-10-2-4-14-6-8(10)12(17)18;15-11(16)9-5-7(1-3-13-9)19-20-8-2-4-14-10(6-8)12(17)18;15-11(16)7-3-1-5-13-9(7)19-20-10-8(12(17)18)4-2-6-14-10;15-11(16)7-3-1-5-9(13-7)19-20-10-6-2-4-8(14-10)12(17)18/h1-4H,(H,17,18)(H,19,20)(H,21,22)(H,23,24);4*1-6H,(H,15,16)(H,17,18). The third kappa shape index (κ3) is 26.4. The van der Waals surface area contributed by atoms with Crippen LogP contribution in [-0.2, 0) is 0 Å². The van der Waals surface area contributed by atoms with Crippen LogP contribution in [0.5, 0.6) is 0 Å². The molecule has 0 atom stereocenters. The monoisotopic (exact) mass is 1630 g/mol. The topological polar surface area (TPSA) is 576 Å². The van der Waals surface area contributed by atoms with Crippen LogP contribution in [-0.4, -0.2) is 183 Å². The molecule has 0 unspecified atom stereocenters. The van der Waals surface area contributed by atoms with E-state index in [1.165, 1.54) is 141 Å². The summed E-state index contributed by atoms with van der Waals surface area (Å²) in [5.74, 6) is -14.1. The normalized spacial score (nSPS) is 10.2. The lowest BCUT2D eigenvalue weighted by atomic mass is 10.2. The van der Waals surface area contributed by atoms with Gasteiger partial charge in [0, 0.05) is 91.3 Å². The van der Waals surface area contributed by atoms with E-state index in [1.807, 2.05) is 0 Å². The van der Waals surface area contributed by atoms with Crippen LogP contribution < -0.4 is 0 Å². The molecular weight excluding hydrogens is 1590 g/mol. The van der Waals surface area contributed by atoms with Crippen LogP contribution in [0.15, 0.2) is 221 Å². The highest BCUT2D eigenvalue weighted by molar-refractivity contribution is 8.78. The van der Waals surface area contributed by atoms with E-state index in [4.69, 9.17) is 61.3 Å². The summed E-state index contributed by atoms with van der Waals surface area (Å²) in [6, 6.07) is 26.8. The van der Waals surface area contributed by atoms with E-state index in [0.29, 0.717) is 29.9 Å². The third-order valence-electron chi connectivity index (χ3n) is 11.5. The molecule has 0 radical (unpaired) electrons. The van der Waals surface area contributed by atoms with Gasteiger partial charge in [-0.1, -0.05) is 76.9 Å². The van der Waals surface area contributed by atoms with Crippen molar-refractivity contribution in [2.45, 2.75) is 49.5 Å². The Morgan fingerprint density at radius 2 is 0.557 bits per heavy atom. The van der Waals surface area contributed by atoms with E-state index in [2.05, 4.69) is 49.8 Å². The van der Waals surface area contributed by atoms with Crippen LogP contribution in [0.25, 0.3) is 0 Å². The van der Waals surface area contributed by atoms with Gasteiger partial charge in [0.15, 0.2) is 0 Å². The summed E-state index contributed by atoms with van der Waals surface area (Å²) < 4.78 is 0. The summed E-state index contributed by atoms with van der Waals surface area (Å²) >= 11 is 0. The number of carboxylic acids is 12. The quantitative estimate of drug-likeness (QED) is 0.0213. The Labute approximate surface area is 631 Å². The van der Waals surface area contributed by atoms with Gasteiger partial charge in [-0.3, -0.25) is 9.97 Å². The first-order valence-corrected chi connectivity index (χ1v) is 38.4. The van der Waals surface area contributed by atoms with Crippen molar-refractivity contribution < 1.29 is 119 Å². The van der Waals surface area contributed by atoms with E-state index in [9.17, 15) is 57.5 Å². The number of aromatic nitrogens is 10. The van der Waals surface area contributed by atoms with Crippen molar-refractivity contribution in [1.82, 2.24) is 49.8 Å². The average molecular weight is 1630 g/mol. The molecular formula is C62H40N10O24S10. The second-order valence-corrected chi connectivity index (χ2v) is 29.5. The highest BCUT2D eigenvalue weighted by Crippen LogP contribution is 2.43. The van der Waals surface area contributed by atoms with E-state index in [0.717, 1.165) is 99.1 Å². The molecule has 10 heterocycles. The molecule has 106 heavy (non-hydrogen) atoms. The molecule has 542 valence electrons. The van der Waals surface area contributed by atoms with Crippen molar-refractivity contribution in [3.63, 3.8) is 0 Å². The number of hydrogen-bond acceptors (Lipinski definition) is 32. The summed E-state index contributed by atoms with van der Waals surface area (Å²) in [6.45, 7) is 0. The Bertz CT molecular complexity index is 4460. The minimum Gasteiger partial charge on any atom is -0.478 e. The van der Waals surface area contributed by atoms with Crippen LogP contribution in [0.2, 0.25) is 0 Å². The predicted molar refractivity (Wildman–Crippen MR) is 384 cm³/mol. The minimum absolute atomic E-state index is 0.0138. The lowest BCUT2D eigenvalue weighted by Crippen LogP contribution is -2.06. The summed E-state index contributed by atoms with van der Waals surface area (Å²) in [5.41, 5.74) is -1.19. The van der Waals surface area contributed by atoms with Gasteiger partial charge in [0.05, 0.1) is 33.4 Å². The number of rotatable bonds is 27. The third-order valence-corrected chi connectivity index (χ3v) is 23.2. The Kier molecular flexibility index (Phi) is 33.0. The van der Waals surface area contributed by atoms with Gasteiger partial charge in [-0.05, 0) is 140 Å². The summed E-state index contributed by atoms with van der Waals surface area (Å²) in [5, 5.41) is 109. The second-order valence-electron chi connectivity index (χ2n) is 18.6. The molecule has 0 spiro atoms. The predicted octanol–water partition coefficient (Wildman–Crippen LogP) is 12.8. The molecule has 12 N–H and O–H groups in total. The van der Waals surface area contributed by atoms with Crippen LogP contribution in [0.3, 0.4) is 0 Å². The maximum absolute atomic E-state index is 11.2. The van der Waals surface area contributed by atoms with Crippen LogP contribution in [0.1, 0.15) is 125 Å². The fraction of sp³-hybridized carbons (Fsp3) is 0. The number of carboxylic acid groups (broad SMARTS) is 12. The molecule has 0 bridgehead atoms. The molecule has 10 rings (SSSR count). The summed E-state index contributed by atoms with van der Waals surface area (Å²) in [6.07, 6.45) is 13.0. The van der Waals surface area contributed by atoms with E-state index < -0.39 is 83.0 Å². The fourth-order valence-corrected chi connectivity index (χ4v) is 17.3. The fourth-order valence-electron chi connectivity index (χ4n) is 6.80. The molecule has 44 heteroatoms. The molecule has 34 nitrogen and oxygen atoms in total. The summed E-state index contributed by atoms with van der Waals surface area (Å²) in [4.78, 5) is 172. The van der Waals surface area contributed by atoms with Crippen molar-refractivity contribution in [3.05, 3.63) is 239 Å². The molecule has 0 saturated carbocycles. The molecule has 10 aromatic rings. The van der Waals surface area contributed by atoms with Gasteiger partial charge in [0.1, 0.15) is 54.3 Å². The Morgan fingerprint density at radius 1 is 0.236 bits per heavy atom. The van der Waals surface area contributed by atoms with Crippen LogP contribution in [0, 0.1) is 0 Å². The highest BCUT2D eigenvalue weighted by atomic mass is 33.1. The van der Waals surface area contributed by atoms with E-state index in [-0.39, 0.29) is 65.9 Å². The SMILES string of the molecule is O=C(O)c1cc(SSc2cc(C(=O)O)ncc2C(=O)O)c(C(=O)O)cn1.O=C(O)c1cc(SSc2ccnc(C(=O)O)c2)ccn1.O=C(O)c1cccc(SSc2cccc(C(=O)O)n2)n1.O=C(O)c1cccnc1SSc1ncccc1C(=O)O.O=C(O)c1cnccc1SSc1ccncc1C(=O)O. The molecule has 0 aromatic carbocycles. The summed E-state index contributed by atoms with van der Waals surface area (Å²) in [7, 11) is 11.0. The van der Waals surface area contributed by atoms with Gasteiger partial charge in [-0.25, -0.2) is 97.4 Å². The van der Waals surface area contributed by atoms with Crippen LogP contribution >= 0.6 is 108 Å². The van der Waals surface area contributed by atoms with Gasteiger partial charge in [0.25, 0.3) is 0 Å². The van der Waals surface area contributed by atoms with Crippen molar-refractivity contribution in [2.24, 2.45) is 0 Å². The first-order valence-electron chi connectivity index (χ1n) is 27.7. The van der Waals surface area contributed by atoms with Crippen molar-refractivity contribution in [3.8, 4) is 0 Å². The maximum atomic E-state index is 11.2. The Morgan fingerprint density at radius 3 is 0.887 bits per heavy atom. The van der Waals surface area contributed by atoms with Crippen molar-refractivity contribution in [1.29, 1.82) is 0 Å². The van der Waals surface area contributed by atoms with Crippen molar-refractivity contribution >= 4 is 180 Å². The zero-order valence-electron chi connectivity index (χ0n) is 52.0. The number of aromatic carboxylic acids is 12. The van der Waals surface area contributed by atoms with E-state index in [1.54, 1.807) is 48.5 Å². The van der Waals surface area contributed by atoms with Gasteiger partial charge in [-0.15, -0.1) is 0 Å². The number of hydrogen-bond donors (Lipinski definition) is 12. The lowest BCUT2D eigenvalue weighted by Gasteiger charge is -2.08. The average Bonchev–Trinajstić information content (AvgIpc) is 0.822. The van der Waals surface area contributed by atoms with E-state index >= 15 is 0 Å². The minimum atomic E-state index is -1.36. The Hall–Kier alpha value is -11.4. The smallest absolute Gasteiger partial charge is 0.354 e. The molecule has 0 amide bonds. The van der Waals surface area contributed by atoms with Crippen LogP contribution in [0.4, 0.5) is 0 Å². The zero-order valence-corrected chi connectivity index (χ0v) is 60.2. The molecule has 0 saturated heterocycles. The highest BCUT2D eigenvalue weighted by Gasteiger charge is 2.22. The maximum Gasteiger partial charge on any atom is 0.354 e.